The van der Waals surface area contributed by atoms with Gasteiger partial charge in [-0.2, -0.15) is 4.76 Å². The molecule has 0 heterocycles. The molecule has 1 aromatic carbocycles. The van der Waals surface area contributed by atoms with Gasteiger partial charge in [0.25, 0.3) is 0 Å². The molecule has 0 saturated carbocycles. The minimum absolute atomic E-state index is 0.0519. The fourth-order valence-corrected chi connectivity index (χ4v) is 3.15. The predicted molar refractivity (Wildman–Crippen MR) is 90.1 cm³/mol. The largest absolute Gasteiger partial charge is 0.511 e. The Morgan fingerprint density at radius 1 is 1.21 bits per heavy atom. The Labute approximate surface area is 139 Å². The van der Waals surface area contributed by atoms with E-state index in [1.54, 1.807) is 18.2 Å². The molecule has 0 fully saturated rings. The number of hydrogen-bond donors (Lipinski definition) is 5. The highest BCUT2D eigenvalue weighted by Crippen LogP contribution is 2.39. The number of allylic oxidation sites excluding steroid dienone is 3. The van der Waals surface area contributed by atoms with Crippen molar-refractivity contribution in [2.75, 3.05) is 0 Å². The Bertz CT molecular complexity index is 749. The average molecular weight is 353 g/mol. The van der Waals surface area contributed by atoms with Crippen molar-refractivity contribution >= 4 is 13.5 Å². The van der Waals surface area contributed by atoms with E-state index >= 15 is 0 Å². The highest BCUT2D eigenvalue weighted by atomic mass is 31.2. The first-order valence-corrected chi connectivity index (χ1v) is 8.98. The summed E-state index contributed by atoms with van der Waals surface area (Å²) in [6, 6.07) is 6.83. The van der Waals surface area contributed by atoms with E-state index in [4.69, 9.17) is 9.79 Å². The molecule has 130 valence electrons. The van der Waals surface area contributed by atoms with Crippen molar-refractivity contribution in [3.8, 4) is 5.75 Å². The lowest BCUT2D eigenvalue weighted by Crippen LogP contribution is -2.20. The smallest absolute Gasteiger partial charge is 0.448 e. The van der Waals surface area contributed by atoms with E-state index in [9.17, 15) is 19.9 Å². The zero-order valence-electron chi connectivity index (χ0n) is 13.1. The SMILES string of the molecule is CC(CCC1C(O)=CC(O)=CC1=NP(=O)(O)O)c1cccc(O)c1. The first-order chi connectivity index (χ1) is 11.2. The summed E-state index contributed by atoms with van der Waals surface area (Å²) in [6.45, 7) is 1.95. The molecular formula is C16H20NO6P. The quantitative estimate of drug-likeness (QED) is 0.516. The van der Waals surface area contributed by atoms with Crippen molar-refractivity contribution in [3.05, 3.63) is 53.5 Å². The zero-order chi connectivity index (χ0) is 17.9. The molecule has 1 aromatic rings. The Morgan fingerprint density at radius 3 is 2.54 bits per heavy atom. The molecule has 0 saturated heterocycles. The third-order valence-corrected chi connectivity index (χ3v) is 4.37. The summed E-state index contributed by atoms with van der Waals surface area (Å²) in [5.41, 5.74) is 0.866. The van der Waals surface area contributed by atoms with E-state index < -0.39 is 13.7 Å². The maximum absolute atomic E-state index is 11.1. The van der Waals surface area contributed by atoms with Crippen molar-refractivity contribution in [2.45, 2.75) is 25.7 Å². The van der Waals surface area contributed by atoms with Crippen molar-refractivity contribution in [1.82, 2.24) is 0 Å². The number of aliphatic hydroxyl groups excluding tert-OH is 2. The topological polar surface area (TPSA) is 131 Å². The molecule has 0 amide bonds. The molecule has 2 atom stereocenters. The molecule has 0 aromatic heterocycles. The lowest BCUT2D eigenvalue weighted by Gasteiger charge is -2.22. The van der Waals surface area contributed by atoms with Crippen LogP contribution in [0.25, 0.3) is 0 Å². The lowest BCUT2D eigenvalue weighted by molar-refractivity contribution is 0.337. The van der Waals surface area contributed by atoms with Gasteiger partial charge in [0.05, 0.1) is 11.6 Å². The molecule has 0 aliphatic heterocycles. The highest BCUT2D eigenvalue weighted by molar-refractivity contribution is 7.50. The predicted octanol–water partition coefficient (Wildman–Crippen LogP) is 3.32. The van der Waals surface area contributed by atoms with Gasteiger partial charge in [0, 0.05) is 12.2 Å². The molecule has 2 rings (SSSR count). The number of rotatable bonds is 5. The van der Waals surface area contributed by atoms with Crippen molar-refractivity contribution in [1.29, 1.82) is 0 Å². The molecule has 24 heavy (non-hydrogen) atoms. The number of phenols is 1. The van der Waals surface area contributed by atoms with Crippen LogP contribution < -0.4 is 0 Å². The standard InChI is InChI=1S/C16H20NO6P/c1-10(11-3-2-4-12(18)7-11)5-6-14-15(17-24(21,22)23)8-13(19)9-16(14)20/h2-4,7-10,14,18-20H,5-6H2,1H3,(H2,21,22,23). The van der Waals surface area contributed by atoms with Crippen molar-refractivity contribution in [2.24, 2.45) is 10.7 Å². The lowest BCUT2D eigenvalue weighted by atomic mass is 9.86. The second-order valence-electron chi connectivity index (χ2n) is 5.80. The Hall–Kier alpha value is -2.08. The fourth-order valence-electron chi connectivity index (χ4n) is 2.66. The summed E-state index contributed by atoms with van der Waals surface area (Å²) < 4.78 is 14.4. The number of benzene rings is 1. The molecular weight excluding hydrogens is 333 g/mol. The van der Waals surface area contributed by atoms with Crippen LogP contribution in [0.15, 0.2) is 52.7 Å². The summed E-state index contributed by atoms with van der Waals surface area (Å²) in [6.07, 6.45) is 3.24. The minimum atomic E-state index is -4.68. The van der Waals surface area contributed by atoms with Crippen LogP contribution in [0.2, 0.25) is 0 Å². The molecule has 7 nitrogen and oxygen atoms in total. The first-order valence-electron chi connectivity index (χ1n) is 7.41. The normalized spacial score (nSPS) is 21.3. The van der Waals surface area contributed by atoms with Crippen LogP contribution in [0.1, 0.15) is 31.2 Å². The molecule has 2 unspecified atom stereocenters. The fraction of sp³-hybridized carbons (Fsp3) is 0.312. The van der Waals surface area contributed by atoms with Crippen LogP contribution in [0.3, 0.4) is 0 Å². The first kappa shape index (κ1) is 18.3. The monoisotopic (exact) mass is 353 g/mol. The van der Waals surface area contributed by atoms with Gasteiger partial charge in [0.2, 0.25) is 0 Å². The second-order valence-corrected chi connectivity index (χ2v) is 7.03. The van der Waals surface area contributed by atoms with Crippen molar-refractivity contribution < 1.29 is 29.7 Å². The average Bonchev–Trinajstić information content (AvgIpc) is 2.44. The van der Waals surface area contributed by atoms with Crippen LogP contribution >= 0.6 is 7.75 Å². The second kappa shape index (κ2) is 7.21. The van der Waals surface area contributed by atoms with Gasteiger partial charge in [-0.25, -0.2) is 4.57 Å². The third-order valence-electron chi connectivity index (χ3n) is 3.88. The Kier molecular flexibility index (Phi) is 5.49. The van der Waals surface area contributed by atoms with Gasteiger partial charge < -0.3 is 25.1 Å². The number of aliphatic hydroxyl groups is 2. The van der Waals surface area contributed by atoms with E-state index in [1.807, 2.05) is 13.0 Å². The molecule has 5 N–H and O–H groups in total. The summed E-state index contributed by atoms with van der Waals surface area (Å²) in [5, 5.41) is 29.1. The van der Waals surface area contributed by atoms with E-state index in [0.717, 1.165) is 17.7 Å². The summed E-state index contributed by atoms with van der Waals surface area (Å²) in [5.74, 6) is -0.979. The van der Waals surface area contributed by atoms with E-state index in [1.165, 1.54) is 0 Å². The van der Waals surface area contributed by atoms with Crippen LogP contribution in [-0.4, -0.2) is 30.8 Å². The number of aromatic hydroxyl groups is 1. The summed E-state index contributed by atoms with van der Waals surface area (Å²) >= 11 is 0. The third kappa shape index (κ3) is 4.96. The molecule has 1 aliphatic rings. The molecule has 0 radical (unpaired) electrons. The van der Waals surface area contributed by atoms with Gasteiger partial charge >= 0.3 is 7.75 Å². The summed E-state index contributed by atoms with van der Waals surface area (Å²) in [7, 11) is -4.68. The van der Waals surface area contributed by atoms with E-state index in [-0.39, 0.29) is 28.9 Å². The molecule has 0 spiro atoms. The molecule has 8 heteroatoms. The van der Waals surface area contributed by atoms with Crippen LogP contribution in [0, 0.1) is 5.92 Å². The van der Waals surface area contributed by atoms with Gasteiger partial charge in [-0.1, -0.05) is 19.1 Å². The van der Waals surface area contributed by atoms with Crippen LogP contribution in [0.5, 0.6) is 5.75 Å². The number of nitrogens with zero attached hydrogens (tertiary/aromatic N) is 1. The van der Waals surface area contributed by atoms with E-state index in [2.05, 4.69) is 4.76 Å². The molecule has 0 bridgehead atoms. The maximum atomic E-state index is 11.1. The van der Waals surface area contributed by atoms with Gasteiger partial charge in [0.15, 0.2) is 0 Å². The zero-order valence-corrected chi connectivity index (χ0v) is 14.0. The highest BCUT2D eigenvalue weighted by Gasteiger charge is 2.27. The van der Waals surface area contributed by atoms with Gasteiger partial charge in [-0.3, -0.25) is 0 Å². The minimum Gasteiger partial charge on any atom is -0.511 e. The van der Waals surface area contributed by atoms with E-state index in [0.29, 0.717) is 12.8 Å². The van der Waals surface area contributed by atoms with Crippen LogP contribution in [0.4, 0.5) is 0 Å². The molecule has 1 aliphatic carbocycles. The number of phenolic OH excluding ortho intramolecular Hbond substituents is 1. The number of hydrogen-bond acceptors (Lipinski definition) is 4. The summed E-state index contributed by atoms with van der Waals surface area (Å²) in [4.78, 5) is 18.1. The van der Waals surface area contributed by atoms with Crippen molar-refractivity contribution in [3.63, 3.8) is 0 Å². The maximum Gasteiger partial charge on any atom is 0.448 e. The van der Waals surface area contributed by atoms with Gasteiger partial charge in [0.1, 0.15) is 17.3 Å². The van der Waals surface area contributed by atoms with Crippen LogP contribution in [-0.2, 0) is 4.57 Å². The Balaban J connectivity index is 2.16. The van der Waals surface area contributed by atoms with Gasteiger partial charge in [-0.05, 0) is 36.5 Å². The Morgan fingerprint density at radius 2 is 1.92 bits per heavy atom. The van der Waals surface area contributed by atoms with Gasteiger partial charge in [-0.15, -0.1) is 0 Å².